The Kier molecular flexibility index (Phi) is 6.68. The zero-order valence-corrected chi connectivity index (χ0v) is 18.2. The van der Waals surface area contributed by atoms with Crippen LogP contribution >= 0.6 is 11.6 Å². The quantitative estimate of drug-likeness (QED) is 0.525. The van der Waals surface area contributed by atoms with Crippen LogP contribution in [-0.2, 0) is 17.8 Å². The number of hydrogen-bond acceptors (Lipinski definition) is 4. The highest BCUT2D eigenvalue weighted by molar-refractivity contribution is 6.31. The summed E-state index contributed by atoms with van der Waals surface area (Å²) >= 11 is 6.25. The molecule has 0 bridgehead atoms. The van der Waals surface area contributed by atoms with E-state index in [-0.39, 0.29) is 24.3 Å². The highest BCUT2D eigenvalue weighted by Gasteiger charge is 2.33. The average Bonchev–Trinajstić information content (AvgIpc) is 3.41. The van der Waals surface area contributed by atoms with E-state index >= 15 is 0 Å². The third-order valence-corrected chi connectivity index (χ3v) is 5.89. The third kappa shape index (κ3) is 5.32. The third-order valence-electron chi connectivity index (χ3n) is 5.52. The first-order chi connectivity index (χ1) is 15.0. The lowest BCUT2D eigenvalue weighted by Crippen LogP contribution is -2.38. The van der Waals surface area contributed by atoms with E-state index < -0.39 is 0 Å². The predicted molar refractivity (Wildman–Crippen MR) is 117 cm³/mol. The number of carbonyl (C=O) groups is 1. The van der Waals surface area contributed by atoms with Crippen LogP contribution in [0.4, 0.5) is 4.39 Å². The molecule has 0 spiro atoms. The molecule has 1 fully saturated rings. The fourth-order valence-corrected chi connectivity index (χ4v) is 4.19. The van der Waals surface area contributed by atoms with Crippen molar-refractivity contribution in [1.82, 2.24) is 14.8 Å². The summed E-state index contributed by atoms with van der Waals surface area (Å²) in [7, 11) is 1.89. The summed E-state index contributed by atoms with van der Waals surface area (Å²) in [5.41, 5.74) is 1.94. The average molecular weight is 442 g/mol. The number of benzene rings is 2. The Labute approximate surface area is 186 Å². The van der Waals surface area contributed by atoms with Gasteiger partial charge in [-0.05, 0) is 49.2 Å². The van der Waals surface area contributed by atoms with Crippen LogP contribution in [0.25, 0.3) is 0 Å². The molecule has 1 amide bonds. The molecule has 7 heteroatoms. The smallest absolute Gasteiger partial charge is 0.237 e. The highest BCUT2D eigenvalue weighted by Crippen LogP contribution is 2.32. The van der Waals surface area contributed by atoms with E-state index in [0.717, 1.165) is 29.7 Å². The Morgan fingerprint density at radius 1 is 1.26 bits per heavy atom. The van der Waals surface area contributed by atoms with Crippen molar-refractivity contribution < 1.29 is 13.6 Å². The van der Waals surface area contributed by atoms with Crippen LogP contribution in [0.5, 0.6) is 0 Å². The first-order valence-electron chi connectivity index (χ1n) is 10.4. The second-order valence-corrected chi connectivity index (χ2v) is 8.38. The van der Waals surface area contributed by atoms with Crippen molar-refractivity contribution in [3.05, 3.63) is 88.3 Å². The molecule has 1 aliphatic rings. The fourth-order valence-electron chi connectivity index (χ4n) is 3.99. The van der Waals surface area contributed by atoms with Crippen LogP contribution in [0.2, 0.25) is 5.02 Å². The minimum absolute atomic E-state index is 0.0398. The maximum Gasteiger partial charge on any atom is 0.237 e. The Balaban J connectivity index is 1.38. The molecule has 2 aromatic carbocycles. The summed E-state index contributed by atoms with van der Waals surface area (Å²) < 4.78 is 19.1. The van der Waals surface area contributed by atoms with Crippen molar-refractivity contribution in [1.29, 1.82) is 0 Å². The van der Waals surface area contributed by atoms with Crippen LogP contribution in [0, 0.1) is 5.82 Å². The molecule has 1 aliphatic heterocycles. The second-order valence-electron chi connectivity index (χ2n) is 7.98. The minimum atomic E-state index is -0.262. The van der Waals surface area contributed by atoms with Gasteiger partial charge in [0.2, 0.25) is 11.8 Å². The number of hydrogen-bond donors (Lipinski definition) is 0. The van der Waals surface area contributed by atoms with Gasteiger partial charge in [-0.3, -0.25) is 9.69 Å². The molecule has 0 radical (unpaired) electrons. The molecule has 5 nitrogen and oxygen atoms in total. The van der Waals surface area contributed by atoms with Crippen LogP contribution in [0.3, 0.4) is 0 Å². The largest absolute Gasteiger partial charge is 0.443 e. The number of oxazole rings is 1. The summed E-state index contributed by atoms with van der Waals surface area (Å²) in [4.78, 5) is 21.2. The Morgan fingerprint density at radius 3 is 2.81 bits per heavy atom. The molecular weight excluding hydrogens is 417 g/mol. The summed E-state index contributed by atoms with van der Waals surface area (Å²) in [5.74, 6) is 1.09. The van der Waals surface area contributed by atoms with Crippen molar-refractivity contribution in [2.45, 2.75) is 31.8 Å². The molecule has 4 rings (SSSR count). The predicted octanol–water partition coefficient (Wildman–Crippen LogP) is 4.85. The summed E-state index contributed by atoms with van der Waals surface area (Å²) in [5, 5.41) is 0.697. The van der Waals surface area contributed by atoms with Gasteiger partial charge in [-0.2, -0.15) is 0 Å². The van der Waals surface area contributed by atoms with E-state index in [1.54, 1.807) is 18.3 Å². The zero-order chi connectivity index (χ0) is 21.8. The summed E-state index contributed by atoms with van der Waals surface area (Å²) in [6.07, 6.45) is 4.04. The zero-order valence-electron chi connectivity index (χ0n) is 17.4. The van der Waals surface area contributed by atoms with Gasteiger partial charge in [0.05, 0.1) is 12.7 Å². The van der Waals surface area contributed by atoms with Gasteiger partial charge in [-0.1, -0.05) is 41.9 Å². The molecular formula is C24H25ClFN3O2. The number of carbonyl (C=O) groups excluding carboxylic acids is 1. The first kappa shape index (κ1) is 21.5. The Morgan fingerprint density at radius 2 is 2.03 bits per heavy atom. The molecule has 1 unspecified atom stereocenters. The standard InChI is InChI=1S/C24H25ClFN3O2/c1-28(15-17-8-10-19(26)11-9-17)16-23(30)29-12-4-7-22(29)24-27-14-20(31-24)13-18-5-2-3-6-21(18)25/h2-3,5-6,8-11,14,22H,4,7,12-13,15-16H2,1H3. The molecule has 3 aromatic rings. The number of aromatic nitrogens is 1. The Hall–Kier alpha value is -2.70. The molecule has 31 heavy (non-hydrogen) atoms. The van der Waals surface area contributed by atoms with Gasteiger partial charge in [0.1, 0.15) is 17.6 Å². The van der Waals surface area contributed by atoms with Gasteiger partial charge in [0.25, 0.3) is 0 Å². The van der Waals surface area contributed by atoms with E-state index in [0.29, 0.717) is 30.4 Å². The lowest BCUT2D eigenvalue weighted by Gasteiger charge is -2.25. The van der Waals surface area contributed by atoms with E-state index in [9.17, 15) is 9.18 Å². The number of likely N-dealkylation sites (tertiary alicyclic amines) is 1. The lowest BCUT2D eigenvalue weighted by molar-refractivity contribution is -0.133. The number of likely N-dealkylation sites (N-methyl/N-ethyl adjacent to an activating group) is 1. The van der Waals surface area contributed by atoms with Gasteiger partial charge in [0, 0.05) is 24.5 Å². The van der Waals surface area contributed by atoms with Crippen LogP contribution in [0.1, 0.15) is 41.7 Å². The van der Waals surface area contributed by atoms with Gasteiger partial charge in [-0.25, -0.2) is 9.37 Å². The van der Waals surface area contributed by atoms with Crippen LogP contribution in [0.15, 0.2) is 59.1 Å². The Bertz CT molecular complexity index is 1040. The van der Waals surface area contributed by atoms with Gasteiger partial charge < -0.3 is 9.32 Å². The van der Waals surface area contributed by atoms with Gasteiger partial charge in [-0.15, -0.1) is 0 Å². The number of halogens is 2. The molecule has 1 saturated heterocycles. The van der Waals surface area contributed by atoms with E-state index in [1.165, 1.54) is 12.1 Å². The molecule has 1 aromatic heterocycles. The fraction of sp³-hybridized carbons (Fsp3) is 0.333. The molecule has 0 N–H and O–H groups in total. The highest BCUT2D eigenvalue weighted by atomic mass is 35.5. The summed E-state index contributed by atoms with van der Waals surface area (Å²) in [6.45, 7) is 1.54. The molecule has 0 aliphatic carbocycles. The normalized spacial score (nSPS) is 16.3. The van der Waals surface area contributed by atoms with Crippen molar-refractivity contribution in [2.24, 2.45) is 0 Å². The lowest BCUT2D eigenvalue weighted by atomic mass is 10.1. The molecule has 162 valence electrons. The topological polar surface area (TPSA) is 49.6 Å². The number of nitrogens with zero attached hydrogens (tertiary/aromatic N) is 3. The SMILES string of the molecule is CN(CC(=O)N1CCCC1c1ncc(Cc2ccccc2Cl)o1)Cc1ccc(F)cc1. The van der Waals surface area contributed by atoms with Gasteiger partial charge in [0.15, 0.2) is 0 Å². The summed E-state index contributed by atoms with van der Waals surface area (Å²) in [6, 6.07) is 13.9. The van der Waals surface area contributed by atoms with Crippen molar-refractivity contribution in [3.63, 3.8) is 0 Å². The van der Waals surface area contributed by atoms with Crippen LogP contribution in [-0.4, -0.2) is 40.8 Å². The number of amides is 1. The van der Waals surface area contributed by atoms with Crippen molar-refractivity contribution in [3.8, 4) is 0 Å². The number of rotatable bonds is 7. The maximum absolute atomic E-state index is 13.1. The second kappa shape index (κ2) is 9.62. The van der Waals surface area contributed by atoms with Crippen molar-refractivity contribution >= 4 is 17.5 Å². The first-order valence-corrected chi connectivity index (χ1v) is 10.8. The van der Waals surface area contributed by atoms with Crippen LogP contribution < -0.4 is 0 Å². The monoisotopic (exact) mass is 441 g/mol. The molecule has 0 saturated carbocycles. The van der Waals surface area contributed by atoms with E-state index in [4.69, 9.17) is 16.0 Å². The molecule has 1 atom stereocenters. The van der Waals surface area contributed by atoms with E-state index in [2.05, 4.69) is 4.98 Å². The van der Waals surface area contributed by atoms with E-state index in [1.807, 2.05) is 41.1 Å². The molecule has 2 heterocycles. The maximum atomic E-state index is 13.1. The van der Waals surface area contributed by atoms with Crippen molar-refractivity contribution in [2.75, 3.05) is 20.1 Å². The van der Waals surface area contributed by atoms with Gasteiger partial charge >= 0.3 is 0 Å². The minimum Gasteiger partial charge on any atom is -0.443 e.